The number of thioether (sulfide) groups is 1. The van der Waals surface area contributed by atoms with E-state index in [2.05, 4.69) is 48.6 Å². The molecule has 1 fully saturated rings. The Hall–Kier alpha value is -2.69. The summed E-state index contributed by atoms with van der Waals surface area (Å²) in [5.41, 5.74) is 6.35. The zero-order chi connectivity index (χ0) is 18.8. The van der Waals surface area contributed by atoms with Gasteiger partial charge in [-0.05, 0) is 35.2 Å². The number of carbonyl (C=O) groups is 1. The SMILES string of the molecule is Cc1cccc(/C(=C2/SC(=S)NC2=O)c2cccc(-c3ccccc3)c2)c1. The van der Waals surface area contributed by atoms with Crippen LogP contribution in [0.4, 0.5) is 0 Å². The first-order valence-electron chi connectivity index (χ1n) is 8.62. The highest BCUT2D eigenvalue weighted by Gasteiger charge is 2.27. The van der Waals surface area contributed by atoms with Crippen LogP contribution in [0, 0.1) is 6.92 Å². The number of rotatable bonds is 3. The highest BCUT2D eigenvalue weighted by atomic mass is 32.2. The third-order valence-electron chi connectivity index (χ3n) is 4.41. The van der Waals surface area contributed by atoms with Crippen molar-refractivity contribution in [1.29, 1.82) is 0 Å². The largest absolute Gasteiger partial charge is 0.307 e. The molecule has 1 heterocycles. The Morgan fingerprint density at radius 3 is 2.19 bits per heavy atom. The van der Waals surface area contributed by atoms with Crippen molar-refractivity contribution in [3.8, 4) is 11.1 Å². The minimum atomic E-state index is -0.133. The summed E-state index contributed by atoms with van der Waals surface area (Å²) in [6.07, 6.45) is 0. The fraction of sp³-hybridized carbons (Fsp3) is 0.0435. The molecular weight excluding hydrogens is 370 g/mol. The molecule has 0 spiro atoms. The molecule has 0 atom stereocenters. The van der Waals surface area contributed by atoms with E-state index in [1.807, 2.05) is 42.5 Å². The summed E-state index contributed by atoms with van der Waals surface area (Å²) in [4.78, 5) is 13.2. The van der Waals surface area contributed by atoms with Gasteiger partial charge < -0.3 is 5.32 Å². The number of thiocarbonyl (C=S) groups is 1. The monoisotopic (exact) mass is 387 g/mol. The summed E-state index contributed by atoms with van der Waals surface area (Å²) in [6.45, 7) is 2.05. The van der Waals surface area contributed by atoms with Crippen molar-refractivity contribution in [2.75, 3.05) is 0 Å². The predicted molar refractivity (Wildman–Crippen MR) is 117 cm³/mol. The lowest BCUT2D eigenvalue weighted by Gasteiger charge is -2.13. The maximum absolute atomic E-state index is 12.5. The molecule has 27 heavy (non-hydrogen) atoms. The molecule has 3 aromatic rings. The molecule has 4 heteroatoms. The lowest BCUT2D eigenvalue weighted by molar-refractivity contribution is -0.115. The van der Waals surface area contributed by atoms with Crippen molar-refractivity contribution >= 4 is 39.8 Å². The molecule has 0 bridgehead atoms. The molecule has 1 N–H and O–H groups in total. The molecule has 1 aliphatic heterocycles. The molecule has 1 amide bonds. The maximum atomic E-state index is 12.5. The van der Waals surface area contributed by atoms with E-state index in [1.165, 1.54) is 11.8 Å². The molecule has 0 aliphatic carbocycles. The van der Waals surface area contributed by atoms with Gasteiger partial charge in [0.15, 0.2) is 0 Å². The van der Waals surface area contributed by atoms with E-state index < -0.39 is 0 Å². The quantitative estimate of drug-likeness (QED) is 0.471. The lowest BCUT2D eigenvalue weighted by atomic mass is 9.93. The van der Waals surface area contributed by atoms with E-state index >= 15 is 0 Å². The molecule has 0 radical (unpaired) electrons. The third-order valence-corrected chi connectivity index (χ3v) is 5.64. The molecule has 0 unspecified atom stereocenters. The van der Waals surface area contributed by atoms with Crippen LogP contribution in [0.15, 0.2) is 83.8 Å². The summed E-state index contributed by atoms with van der Waals surface area (Å²) in [7, 11) is 0. The van der Waals surface area contributed by atoms with Gasteiger partial charge in [-0.1, -0.05) is 102 Å². The van der Waals surface area contributed by atoms with Crippen LogP contribution in [0.3, 0.4) is 0 Å². The van der Waals surface area contributed by atoms with Crippen molar-refractivity contribution in [2.45, 2.75) is 6.92 Å². The van der Waals surface area contributed by atoms with Crippen LogP contribution in [0.1, 0.15) is 16.7 Å². The predicted octanol–water partition coefficient (Wildman–Crippen LogP) is 5.57. The fourth-order valence-corrected chi connectivity index (χ4v) is 4.35. The highest BCUT2D eigenvalue weighted by molar-refractivity contribution is 8.26. The minimum Gasteiger partial charge on any atom is -0.307 e. The van der Waals surface area contributed by atoms with Gasteiger partial charge in [0.2, 0.25) is 0 Å². The molecule has 4 rings (SSSR count). The Morgan fingerprint density at radius 2 is 1.52 bits per heavy atom. The molecule has 132 valence electrons. The van der Waals surface area contributed by atoms with Crippen LogP contribution < -0.4 is 5.32 Å². The lowest BCUT2D eigenvalue weighted by Crippen LogP contribution is -2.18. The second kappa shape index (κ2) is 7.51. The van der Waals surface area contributed by atoms with E-state index in [0.717, 1.165) is 33.4 Å². The Balaban J connectivity index is 1.92. The van der Waals surface area contributed by atoms with E-state index in [1.54, 1.807) is 0 Å². The Bertz CT molecular complexity index is 1070. The first-order chi connectivity index (χ1) is 13.1. The average molecular weight is 388 g/mol. The van der Waals surface area contributed by atoms with Crippen LogP contribution >= 0.6 is 24.0 Å². The molecule has 0 aromatic heterocycles. The van der Waals surface area contributed by atoms with Gasteiger partial charge in [-0.25, -0.2) is 0 Å². The number of hydrogen-bond donors (Lipinski definition) is 1. The highest BCUT2D eigenvalue weighted by Crippen LogP contribution is 2.37. The van der Waals surface area contributed by atoms with E-state index in [4.69, 9.17) is 12.2 Å². The fourth-order valence-electron chi connectivity index (χ4n) is 3.19. The van der Waals surface area contributed by atoms with Crippen LogP contribution in [0.5, 0.6) is 0 Å². The number of hydrogen-bond acceptors (Lipinski definition) is 3. The van der Waals surface area contributed by atoms with Crippen LogP contribution in [-0.2, 0) is 4.79 Å². The summed E-state index contributed by atoms with van der Waals surface area (Å²) < 4.78 is 0.499. The van der Waals surface area contributed by atoms with Gasteiger partial charge in [0.1, 0.15) is 4.32 Å². The Kier molecular flexibility index (Phi) is 4.92. The second-order valence-electron chi connectivity index (χ2n) is 6.36. The molecule has 2 nitrogen and oxygen atoms in total. The number of aryl methyl sites for hydroxylation is 1. The Labute approximate surface area is 168 Å². The summed E-state index contributed by atoms with van der Waals surface area (Å²) in [6, 6.07) is 26.8. The average Bonchev–Trinajstić information content (AvgIpc) is 3.01. The van der Waals surface area contributed by atoms with Crippen LogP contribution in [0.2, 0.25) is 0 Å². The normalized spacial score (nSPS) is 15.6. The van der Waals surface area contributed by atoms with Gasteiger partial charge in [0.25, 0.3) is 5.91 Å². The number of amides is 1. The van der Waals surface area contributed by atoms with Crippen molar-refractivity contribution in [1.82, 2.24) is 5.32 Å². The molecule has 1 aliphatic rings. The van der Waals surface area contributed by atoms with E-state index in [9.17, 15) is 4.79 Å². The first-order valence-corrected chi connectivity index (χ1v) is 9.84. The zero-order valence-electron chi connectivity index (χ0n) is 14.7. The minimum absolute atomic E-state index is 0.133. The van der Waals surface area contributed by atoms with E-state index in [0.29, 0.717) is 9.23 Å². The topological polar surface area (TPSA) is 29.1 Å². The van der Waals surface area contributed by atoms with Crippen molar-refractivity contribution in [3.63, 3.8) is 0 Å². The molecular formula is C23H17NOS2. The first kappa shape index (κ1) is 17.7. The molecule has 0 saturated carbocycles. The van der Waals surface area contributed by atoms with Crippen LogP contribution in [-0.4, -0.2) is 10.2 Å². The summed E-state index contributed by atoms with van der Waals surface area (Å²) in [5, 5.41) is 2.75. The second-order valence-corrected chi connectivity index (χ2v) is 8.05. The number of nitrogens with one attached hydrogen (secondary N) is 1. The number of carbonyl (C=O) groups excluding carboxylic acids is 1. The summed E-state index contributed by atoms with van der Waals surface area (Å²) >= 11 is 6.55. The van der Waals surface area contributed by atoms with E-state index in [-0.39, 0.29) is 5.91 Å². The number of benzene rings is 3. The smallest absolute Gasteiger partial charge is 0.264 e. The van der Waals surface area contributed by atoms with Gasteiger partial charge in [-0.15, -0.1) is 0 Å². The third kappa shape index (κ3) is 3.72. The molecule has 3 aromatic carbocycles. The standard InChI is InChI=1S/C23H17NOS2/c1-15-7-5-11-18(13-15)20(21-22(25)24-23(26)27-21)19-12-6-10-17(14-19)16-8-3-2-4-9-16/h2-14H,1H3,(H,24,25,26)/b21-20-. The van der Waals surface area contributed by atoms with Crippen LogP contribution in [0.25, 0.3) is 16.7 Å². The van der Waals surface area contributed by atoms with Gasteiger partial charge in [-0.3, -0.25) is 4.79 Å². The maximum Gasteiger partial charge on any atom is 0.264 e. The zero-order valence-corrected chi connectivity index (χ0v) is 16.4. The van der Waals surface area contributed by atoms with Gasteiger partial charge in [0, 0.05) is 5.57 Å². The summed E-state index contributed by atoms with van der Waals surface area (Å²) in [5.74, 6) is -0.133. The van der Waals surface area contributed by atoms with Gasteiger partial charge in [0.05, 0.1) is 4.91 Å². The van der Waals surface area contributed by atoms with Gasteiger partial charge >= 0.3 is 0 Å². The molecule has 1 saturated heterocycles. The van der Waals surface area contributed by atoms with Gasteiger partial charge in [-0.2, -0.15) is 0 Å². The van der Waals surface area contributed by atoms with Crippen molar-refractivity contribution < 1.29 is 4.79 Å². The Morgan fingerprint density at radius 1 is 0.852 bits per heavy atom. The van der Waals surface area contributed by atoms with Crippen molar-refractivity contribution in [2.24, 2.45) is 0 Å². The van der Waals surface area contributed by atoms with Crippen molar-refractivity contribution in [3.05, 3.63) is 100 Å².